The number of allylic oxidation sites excluding steroid dienone is 1. The van der Waals surface area contributed by atoms with Crippen LogP contribution in [0.25, 0.3) is 0 Å². The molecule has 29 heavy (non-hydrogen) atoms. The van der Waals surface area contributed by atoms with Crippen molar-refractivity contribution in [1.29, 1.82) is 0 Å². The normalized spacial score (nSPS) is 11.2. The molecule has 0 aliphatic heterocycles. The van der Waals surface area contributed by atoms with Crippen molar-refractivity contribution < 1.29 is 19.0 Å². The van der Waals surface area contributed by atoms with Crippen LogP contribution in [0.4, 0.5) is 0 Å². The highest BCUT2D eigenvalue weighted by molar-refractivity contribution is 6.32. The number of rotatable bonds is 11. The number of ether oxygens (including phenoxy) is 3. The van der Waals surface area contributed by atoms with Gasteiger partial charge in [0.2, 0.25) is 0 Å². The Morgan fingerprint density at radius 1 is 1.00 bits per heavy atom. The third-order valence-electron chi connectivity index (χ3n) is 4.07. The maximum absolute atomic E-state index is 6.24. The zero-order valence-electron chi connectivity index (χ0n) is 17.4. The van der Waals surface area contributed by atoms with E-state index in [1.165, 1.54) is 7.11 Å². The van der Waals surface area contributed by atoms with E-state index in [1.54, 1.807) is 12.3 Å². The highest BCUT2D eigenvalue weighted by atomic mass is 35.5. The summed E-state index contributed by atoms with van der Waals surface area (Å²) in [5, 5.41) is 4.25. The van der Waals surface area contributed by atoms with Gasteiger partial charge in [-0.2, -0.15) is 0 Å². The Morgan fingerprint density at radius 3 is 2.38 bits per heavy atom. The fourth-order valence-corrected chi connectivity index (χ4v) is 2.95. The predicted octanol–water partition coefficient (Wildman–Crippen LogP) is 5.74. The van der Waals surface area contributed by atoms with Gasteiger partial charge in [-0.25, -0.2) is 0 Å². The zero-order valence-corrected chi connectivity index (χ0v) is 18.2. The first-order valence-electron chi connectivity index (χ1n) is 9.52. The number of oxime groups is 1. The van der Waals surface area contributed by atoms with Gasteiger partial charge in [0.1, 0.15) is 31.0 Å². The Balaban J connectivity index is 1.81. The van der Waals surface area contributed by atoms with Crippen molar-refractivity contribution in [3.05, 3.63) is 64.2 Å². The molecule has 2 rings (SSSR count). The minimum absolute atomic E-state index is 0.508. The van der Waals surface area contributed by atoms with E-state index >= 15 is 0 Å². The second kappa shape index (κ2) is 12.0. The van der Waals surface area contributed by atoms with E-state index < -0.39 is 0 Å². The quantitative estimate of drug-likeness (QED) is 0.202. The van der Waals surface area contributed by atoms with Crippen LogP contribution >= 0.6 is 11.6 Å². The largest absolute Gasteiger partial charge is 0.493 e. The van der Waals surface area contributed by atoms with Gasteiger partial charge in [0.15, 0.2) is 0 Å². The zero-order chi connectivity index (χ0) is 21.1. The molecular weight excluding hydrogens is 390 g/mol. The van der Waals surface area contributed by atoms with E-state index in [2.05, 4.69) is 9.99 Å². The number of benzene rings is 2. The molecule has 0 N–H and O–H groups in total. The Kier molecular flexibility index (Phi) is 9.38. The summed E-state index contributed by atoms with van der Waals surface area (Å²) in [5.74, 6) is 2.38. The van der Waals surface area contributed by atoms with Gasteiger partial charge in [0.05, 0.1) is 24.5 Å². The van der Waals surface area contributed by atoms with E-state index in [4.69, 9.17) is 25.8 Å². The second-order valence-corrected chi connectivity index (χ2v) is 6.83. The first-order valence-corrected chi connectivity index (χ1v) is 9.89. The van der Waals surface area contributed by atoms with Crippen LogP contribution < -0.4 is 14.2 Å². The molecule has 0 bridgehead atoms. The van der Waals surface area contributed by atoms with E-state index in [9.17, 15) is 0 Å². The van der Waals surface area contributed by atoms with Crippen LogP contribution in [0.1, 0.15) is 30.0 Å². The predicted molar refractivity (Wildman–Crippen MR) is 118 cm³/mol. The highest BCUT2D eigenvalue weighted by Crippen LogP contribution is 2.29. The van der Waals surface area contributed by atoms with Gasteiger partial charge in [-0.3, -0.25) is 0 Å². The molecule has 6 heteroatoms. The number of aryl methyl sites for hydroxylation is 2. The molecule has 0 unspecified atom stereocenters. The average molecular weight is 418 g/mol. The molecule has 0 saturated heterocycles. The molecular formula is C23H28ClNO4. The number of hydrogen-bond donors (Lipinski definition) is 0. The van der Waals surface area contributed by atoms with Crippen molar-refractivity contribution in [3.63, 3.8) is 0 Å². The topological polar surface area (TPSA) is 49.3 Å². The fraction of sp³-hybridized carbons (Fsp3) is 0.348. The van der Waals surface area contributed by atoms with Crippen molar-refractivity contribution in [2.24, 2.45) is 5.16 Å². The summed E-state index contributed by atoms with van der Waals surface area (Å²) in [7, 11) is 1.49. The number of hydrogen-bond acceptors (Lipinski definition) is 5. The van der Waals surface area contributed by atoms with Crippen LogP contribution in [0.5, 0.6) is 17.2 Å². The van der Waals surface area contributed by atoms with E-state index in [1.807, 2.05) is 57.2 Å². The number of halogens is 1. The summed E-state index contributed by atoms with van der Waals surface area (Å²) in [6, 6.07) is 9.46. The Labute approximate surface area is 177 Å². The molecule has 0 amide bonds. The molecule has 0 heterocycles. The molecule has 0 fully saturated rings. The molecule has 2 aromatic carbocycles. The monoisotopic (exact) mass is 417 g/mol. The molecule has 2 aromatic rings. The first-order chi connectivity index (χ1) is 14.0. The summed E-state index contributed by atoms with van der Waals surface area (Å²) in [6.07, 6.45) is 6.27. The van der Waals surface area contributed by atoms with Crippen LogP contribution in [-0.2, 0) is 4.84 Å². The van der Waals surface area contributed by atoms with Gasteiger partial charge < -0.3 is 19.0 Å². The van der Waals surface area contributed by atoms with Crippen molar-refractivity contribution >= 4 is 17.8 Å². The van der Waals surface area contributed by atoms with Crippen molar-refractivity contribution in [1.82, 2.24) is 0 Å². The summed E-state index contributed by atoms with van der Waals surface area (Å²) in [5.41, 5.74) is 2.95. The van der Waals surface area contributed by atoms with Gasteiger partial charge in [-0.15, -0.1) is 0 Å². The Morgan fingerprint density at radius 2 is 1.72 bits per heavy atom. The molecule has 0 aliphatic rings. The Hall–Kier alpha value is -2.66. The van der Waals surface area contributed by atoms with Crippen LogP contribution in [0.2, 0.25) is 5.02 Å². The highest BCUT2D eigenvalue weighted by Gasteiger charge is 2.08. The molecule has 0 aromatic heterocycles. The average Bonchev–Trinajstić information content (AvgIpc) is 2.69. The molecule has 0 atom stereocenters. The van der Waals surface area contributed by atoms with Gasteiger partial charge >= 0.3 is 0 Å². The van der Waals surface area contributed by atoms with E-state index in [0.29, 0.717) is 30.6 Å². The lowest BCUT2D eigenvalue weighted by atomic mass is 10.1. The summed E-state index contributed by atoms with van der Waals surface area (Å²) < 4.78 is 17.4. The first kappa shape index (κ1) is 22.6. The van der Waals surface area contributed by atoms with Gasteiger partial charge in [-0.05, 0) is 67.8 Å². The third-order valence-corrected chi connectivity index (χ3v) is 4.37. The Bertz CT molecular complexity index is 826. The minimum atomic E-state index is 0.508. The van der Waals surface area contributed by atoms with Crippen LogP contribution in [-0.4, -0.2) is 33.1 Å². The van der Waals surface area contributed by atoms with Gasteiger partial charge in [0, 0.05) is 6.42 Å². The number of nitrogens with zero attached hydrogens (tertiary/aromatic N) is 1. The maximum atomic E-state index is 6.24. The minimum Gasteiger partial charge on any atom is -0.493 e. The van der Waals surface area contributed by atoms with Crippen molar-refractivity contribution in [3.8, 4) is 17.2 Å². The molecule has 0 aliphatic carbocycles. The molecule has 0 spiro atoms. The molecule has 156 valence electrons. The fourth-order valence-electron chi connectivity index (χ4n) is 2.71. The van der Waals surface area contributed by atoms with Crippen molar-refractivity contribution in [2.45, 2.75) is 27.2 Å². The smallest absolute Gasteiger partial charge is 0.137 e. The van der Waals surface area contributed by atoms with Gasteiger partial charge in [-0.1, -0.05) is 28.9 Å². The van der Waals surface area contributed by atoms with Crippen LogP contribution in [0.3, 0.4) is 0 Å². The lowest BCUT2D eigenvalue weighted by Crippen LogP contribution is -2.07. The second-order valence-electron chi connectivity index (χ2n) is 6.42. The maximum Gasteiger partial charge on any atom is 0.137 e. The lowest BCUT2D eigenvalue weighted by molar-refractivity contribution is 0.215. The van der Waals surface area contributed by atoms with E-state index in [0.717, 1.165) is 34.6 Å². The molecule has 0 saturated carbocycles. The third kappa shape index (κ3) is 7.35. The standard InChI is InChI=1S/C23H28ClNO4/c1-5-6-10-27-20-13-17(2)23(18(3)14-20)29-12-7-11-28-22-9-8-19(15-21(22)24)16-25-26-4/h5-6,8-9,13-16H,7,10-12H2,1-4H3/b6-5+,25-16+. The lowest BCUT2D eigenvalue weighted by Gasteiger charge is -2.15. The van der Waals surface area contributed by atoms with Gasteiger partial charge in [0.25, 0.3) is 0 Å². The van der Waals surface area contributed by atoms with Crippen LogP contribution in [0.15, 0.2) is 47.6 Å². The van der Waals surface area contributed by atoms with E-state index in [-0.39, 0.29) is 0 Å². The van der Waals surface area contributed by atoms with Crippen LogP contribution in [0, 0.1) is 13.8 Å². The molecule has 0 radical (unpaired) electrons. The van der Waals surface area contributed by atoms with Crippen molar-refractivity contribution in [2.75, 3.05) is 26.9 Å². The summed E-state index contributed by atoms with van der Waals surface area (Å²) in [6.45, 7) is 7.65. The SMILES string of the molecule is C/C=C/COc1cc(C)c(OCCCOc2ccc(/C=N/OC)cc2Cl)c(C)c1. The summed E-state index contributed by atoms with van der Waals surface area (Å²) in [4.78, 5) is 4.66. The molecule has 5 nitrogen and oxygen atoms in total. The summed E-state index contributed by atoms with van der Waals surface area (Å²) >= 11 is 6.24.